The molecule has 0 radical (unpaired) electrons. The van der Waals surface area contributed by atoms with E-state index in [0.717, 1.165) is 0 Å². The van der Waals surface area contributed by atoms with Gasteiger partial charge in [0, 0.05) is 11.4 Å². The van der Waals surface area contributed by atoms with Gasteiger partial charge in [0.25, 0.3) is 0 Å². The highest BCUT2D eigenvalue weighted by Crippen LogP contribution is 2.35. The molecule has 1 aromatic rings. The Labute approximate surface area is 146 Å². The molecule has 3 rings (SSSR count). The number of anilines is 1. The van der Waals surface area contributed by atoms with E-state index in [9.17, 15) is 21.6 Å². The third kappa shape index (κ3) is 4.01. The van der Waals surface area contributed by atoms with Crippen LogP contribution in [-0.4, -0.2) is 46.1 Å². The smallest absolute Gasteiger partial charge is 0.311 e. The van der Waals surface area contributed by atoms with Gasteiger partial charge >= 0.3 is 5.97 Å². The van der Waals surface area contributed by atoms with E-state index in [4.69, 9.17) is 4.74 Å². The molecule has 0 bridgehead atoms. The molecule has 1 aromatic carbocycles. The molecule has 136 valence electrons. The lowest BCUT2D eigenvalue weighted by atomic mass is 10.2. The highest BCUT2D eigenvalue weighted by atomic mass is 32.2. The average molecular weight is 386 g/mol. The van der Waals surface area contributed by atoms with Crippen LogP contribution in [0.15, 0.2) is 28.1 Å². The number of ether oxygens (including phenoxy) is 1. The summed E-state index contributed by atoms with van der Waals surface area (Å²) in [5, 5.41) is -0.408. The highest BCUT2D eigenvalue weighted by Gasteiger charge is 2.36. The normalized spacial score (nSPS) is 18.8. The Morgan fingerprint density at radius 2 is 2.08 bits per heavy atom. The van der Waals surface area contributed by atoms with Crippen molar-refractivity contribution in [1.82, 2.24) is 0 Å². The Balaban J connectivity index is 1.89. The molecule has 0 saturated heterocycles. The second kappa shape index (κ2) is 6.41. The number of esters is 1. The van der Waals surface area contributed by atoms with Gasteiger partial charge in [0.2, 0.25) is 10.0 Å². The molecule has 10 heteroatoms. The summed E-state index contributed by atoms with van der Waals surface area (Å²) in [6.07, 6.45) is 1.03. The zero-order chi connectivity index (χ0) is 18.2. The van der Waals surface area contributed by atoms with Crippen LogP contribution in [0.1, 0.15) is 26.2 Å². The van der Waals surface area contributed by atoms with Gasteiger partial charge in [0.1, 0.15) is 0 Å². The number of hydrogen-bond donors (Lipinski definition) is 1. The summed E-state index contributed by atoms with van der Waals surface area (Å²) in [5.74, 6) is -0.925. The predicted molar refractivity (Wildman–Crippen MR) is 92.4 cm³/mol. The number of benzene rings is 1. The van der Waals surface area contributed by atoms with Gasteiger partial charge in [0.05, 0.1) is 34.6 Å². The van der Waals surface area contributed by atoms with Crippen LogP contribution in [0, 0.1) is 0 Å². The number of carbonyl (C=O) groups is 1. The first-order valence-electron chi connectivity index (χ1n) is 7.82. The first-order chi connectivity index (χ1) is 11.7. The fourth-order valence-electron chi connectivity index (χ4n) is 2.51. The van der Waals surface area contributed by atoms with Gasteiger partial charge in [-0.25, -0.2) is 16.8 Å². The van der Waals surface area contributed by atoms with Crippen LogP contribution in [-0.2, 0) is 29.4 Å². The van der Waals surface area contributed by atoms with Crippen molar-refractivity contribution in [3.63, 3.8) is 0 Å². The zero-order valence-corrected chi connectivity index (χ0v) is 15.2. The number of carbonyl (C=O) groups excluding carboxylic acids is 1. The Morgan fingerprint density at radius 3 is 2.72 bits per heavy atom. The largest absolute Gasteiger partial charge is 0.466 e. The van der Waals surface area contributed by atoms with Crippen molar-refractivity contribution in [2.45, 2.75) is 36.3 Å². The molecule has 1 N–H and O–H groups in total. The number of nitrogens with one attached hydrogen (secondary N) is 1. The molecule has 0 spiro atoms. The minimum absolute atomic E-state index is 0.0453. The monoisotopic (exact) mass is 386 g/mol. The third-order valence-electron chi connectivity index (χ3n) is 3.81. The van der Waals surface area contributed by atoms with E-state index >= 15 is 0 Å². The second-order valence-corrected chi connectivity index (χ2v) is 9.87. The number of hydrogen-bond acceptors (Lipinski definition) is 7. The van der Waals surface area contributed by atoms with E-state index in [1.807, 2.05) is 0 Å². The Bertz CT molecular complexity index is 946. The molecule has 0 atom stereocenters. The third-order valence-corrected chi connectivity index (χ3v) is 7.39. The summed E-state index contributed by atoms with van der Waals surface area (Å²) in [5.41, 5.74) is 0.593. The summed E-state index contributed by atoms with van der Waals surface area (Å²) < 4.78 is 56.2. The SMILES string of the molecule is CCOC(=O)CC1=Nc2ccc(NS(=O)(=O)C3CC3)cc2S(=O)(=O)C1. The van der Waals surface area contributed by atoms with E-state index < -0.39 is 36.8 Å². The molecule has 0 unspecified atom stereocenters. The summed E-state index contributed by atoms with van der Waals surface area (Å²) >= 11 is 0. The predicted octanol–water partition coefficient (Wildman–Crippen LogP) is 1.40. The van der Waals surface area contributed by atoms with Gasteiger partial charge in [-0.1, -0.05) is 0 Å². The summed E-state index contributed by atoms with van der Waals surface area (Å²) in [7, 11) is -7.19. The summed E-state index contributed by atoms with van der Waals surface area (Å²) in [6.45, 7) is 1.87. The van der Waals surface area contributed by atoms with E-state index in [1.54, 1.807) is 6.92 Å². The number of sulfone groups is 1. The lowest BCUT2D eigenvalue weighted by Crippen LogP contribution is -2.24. The molecule has 0 amide bonds. The van der Waals surface area contributed by atoms with Crippen LogP contribution in [0.2, 0.25) is 0 Å². The first-order valence-corrected chi connectivity index (χ1v) is 11.0. The maximum atomic E-state index is 12.5. The quantitative estimate of drug-likeness (QED) is 0.738. The van der Waals surface area contributed by atoms with E-state index in [1.165, 1.54) is 18.2 Å². The molecule has 1 saturated carbocycles. The first kappa shape index (κ1) is 17.9. The molecule has 25 heavy (non-hydrogen) atoms. The van der Waals surface area contributed by atoms with Crippen LogP contribution in [0.4, 0.5) is 11.4 Å². The van der Waals surface area contributed by atoms with Crippen LogP contribution < -0.4 is 4.72 Å². The minimum atomic E-state index is -3.71. The lowest BCUT2D eigenvalue weighted by Gasteiger charge is -2.17. The summed E-state index contributed by atoms with van der Waals surface area (Å²) in [6, 6.07) is 4.17. The zero-order valence-electron chi connectivity index (χ0n) is 13.6. The molecule has 1 fully saturated rings. The lowest BCUT2D eigenvalue weighted by molar-refractivity contribution is -0.141. The van der Waals surface area contributed by atoms with Crippen molar-refractivity contribution < 1.29 is 26.4 Å². The molecular weight excluding hydrogens is 368 g/mol. The number of sulfonamides is 1. The van der Waals surface area contributed by atoms with Crippen molar-refractivity contribution in [1.29, 1.82) is 0 Å². The van der Waals surface area contributed by atoms with Crippen molar-refractivity contribution in [2.24, 2.45) is 4.99 Å². The number of aliphatic imine (C=N–C) groups is 1. The molecule has 1 heterocycles. The van der Waals surface area contributed by atoms with Crippen molar-refractivity contribution in [3.8, 4) is 0 Å². The van der Waals surface area contributed by atoms with Crippen molar-refractivity contribution in [2.75, 3.05) is 17.1 Å². The average Bonchev–Trinajstić information content (AvgIpc) is 3.32. The van der Waals surface area contributed by atoms with Crippen LogP contribution in [0.25, 0.3) is 0 Å². The summed E-state index contributed by atoms with van der Waals surface area (Å²) in [4.78, 5) is 15.7. The topological polar surface area (TPSA) is 119 Å². The minimum Gasteiger partial charge on any atom is -0.466 e. The fourth-order valence-corrected chi connectivity index (χ4v) is 5.39. The Morgan fingerprint density at radius 1 is 1.36 bits per heavy atom. The van der Waals surface area contributed by atoms with Crippen molar-refractivity contribution >= 4 is 42.9 Å². The fraction of sp³-hybridized carbons (Fsp3) is 0.467. The van der Waals surface area contributed by atoms with Gasteiger partial charge in [-0.3, -0.25) is 14.5 Å². The Hall–Kier alpha value is -1.94. The van der Waals surface area contributed by atoms with E-state index in [2.05, 4.69) is 9.71 Å². The second-order valence-electron chi connectivity index (χ2n) is 5.95. The maximum absolute atomic E-state index is 12.5. The Kier molecular flexibility index (Phi) is 4.58. The van der Waals surface area contributed by atoms with Gasteiger partial charge in [-0.2, -0.15) is 0 Å². The van der Waals surface area contributed by atoms with Gasteiger partial charge < -0.3 is 4.74 Å². The van der Waals surface area contributed by atoms with E-state index in [0.29, 0.717) is 12.8 Å². The molecule has 0 aromatic heterocycles. The van der Waals surface area contributed by atoms with Crippen LogP contribution >= 0.6 is 0 Å². The standard InChI is InChI=1S/C15H18N2O6S2/c1-2-23-15(18)8-11-9-24(19,20)14-7-10(3-6-13(14)16-11)17-25(21,22)12-4-5-12/h3,6-7,12,17H,2,4-5,8-9H2,1H3. The number of nitrogens with zero attached hydrogens (tertiary/aromatic N) is 1. The molecule has 1 aliphatic heterocycles. The molecular formula is C15H18N2O6S2. The van der Waals surface area contributed by atoms with Crippen molar-refractivity contribution in [3.05, 3.63) is 18.2 Å². The maximum Gasteiger partial charge on any atom is 0.311 e. The highest BCUT2D eigenvalue weighted by molar-refractivity contribution is 7.93. The number of fused-ring (bicyclic) bond motifs is 1. The van der Waals surface area contributed by atoms with E-state index in [-0.39, 0.29) is 35.0 Å². The molecule has 1 aliphatic carbocycles. The van der Waals surface area contributed by atoms with Gasteiger partial charge in [0.15, 0.2) is 9.84 Å². The molecule has 2 aliphatic rings. The van der Waals surface area contributed by atoms with Gasteiger partial charge in [-0.05, 0) is 38.0 Å². The van der Waals surface area contributed by atoms with Gasteiger partial charge in [-0.15, -0.1) is 0 Å². The van der Waals surface area contributed by atoms with Crippen LogP contribution in [0.3, 0.4) is 0 Å². The molecule has 8 nitrogen and oxygen atoms in total. The number of rotatable bonds is 6. The van der Waals surface area contributed by atoms with Crippen LogP contribution in [0.5, 0.6) is 0 Å².